The Morgan fingerprint density at radius 2 is 1.56 bits per heavy atom. The SMILES string of the molecule is CC(C)CC(C(=O)O)c1cc(-c2ccccc2)cc(-c2ccc(C(F)(F)F)cn2)c1C(F)(F)F. The third-order valence-electron chi connectivity index (χ3n) is 5.31. The Morgan fingerprint density at radius 3 is 2.03 bits per heavy atom. The molecule has 1 heterocycles. The third kappa shape index (κ3) is 5.58. The Kier molecular flexibility index (Phi) is 7.05. The first-order valence-electron chi connectivity index (χ1n) is 10.4. The highest BCUT2D eigenvalue weighted by Crippen LogP contribution is 2.45. The van der Waals surface area contributed by atoms with Crippen LogP contribution in [0.2, 0.25) is 0 Å². The van der Waals surface area contributed by atoms with E-state index in [-0.39, 0.29) is 18.0 Å². The number of pyridine rings is 1. The molecule has 3 nitrogen and oxygen atoms in total. The van der Waals surface area contributed by atoms with Crippen LogP contribution in [0.25, 0.3) is 22.4 Å². The average molecular weight is 481 g/mol. The van der Waals surface area contributed by atoms with Crippen molar-refractivity contribution in [2.45, 2.75) is 38.5 Å². The summed E-state index contributed by atoms with van der Waals surface area (Å²) in [5, 5.41) is 9.81. The van der Waals surface area contributed by atoms with Crippen molar-refractivity contribution in [1.29, 1.82) is 0 Å². The van der Waals surface area contributed by atoms with Gasteiger partial charge in [-0.05, 0) is 53.3 Å². The number of aromatic nitrogens is 1. The number of carbonyl (C=O) groups is 1. The lowest BCUT2D eigenvalue weighted by atomic mass is 9.82. The zero-order chi connectivity index (χ0) is 25.3. The second kappa shape index (κ2) is 9.48. The van der Waals surface area contributed by atoms with Crippen LogP contribution in [-0.4, -0.2) is 16.1 Å². The number of halogens is 6. The minimum absolute atomic E-state index is 0.0590. The third-order valence-corrected chi connectivity index (χ3v) is 5.31. The highest BCUT2D eigenvalue weighted by Gasteiger charge is 2.41. The second-order valence-electron chi connectivity index (χ2n) is 8.30. The number of hydrogen-bond acceptors (Lipinski definition) is 2. The Labute approximate surface area is 192 Å². The van der Waals surface area contributed by atoms with Crippen LogP contribution in [0.5, 0.6) is 0 Å². The van der Waals surface area contributed by atoms with Gasteiger partial charge in [-0.1, -0.05) is 44.2 Å². The van der Waals surface area contributed by atoms with Gasteiger partial charge in [-0.25, -0.2) is 0 Å². The van der Waals surface area contributed by atoms with Crippen molar-refractivity contribution >= 4 is 5.97 Å². The molecule has 3 rings (SSSR count). The summed E-state index contributed by atoms with van der Waals surface area (Å²) in [6.07, 6.45) is -9.28. The molecule has 0 aliphatic carbocycles. The Balaban J connectivity index is 2.37. The van der Waals surface area contributed by atoms with Gasteiger partial charge in [-0.3, -0.25) is 9.78 Å². The molecule has 34 heavy (non-hydrogen) atoms. The van der Waals surface area contributed by atoms with Crippen LogP contribution in [0.15, 0.2) is 60.8 Å². The summed E-state index contributed by atoms with van der Waals surface area (Å²) in [6.45, 7) is 3.39. The molecule has 9 heteroatoms. The fraction of sp³-hybridized carbons (Fsp3) is 0.280. The average Bonchev–Trinajstić information content (AvgIpc) is 2.75. The zero-order valence-corrected chi connectivity index (χ0v) is 18.2. The minimum atomic E-state index is -4.98. The first kappa shape index (κ1) is 25.3. The Bertz CT molecular complexity index is 1150. The number of hydrogen-bond donors (Lipinski definition) is 1. The van der Waals surface area contributed by atoms with Crippen LogP contribution in [0.1, 0.15) is 42.9 Å². The fourth-order valence-electron chi connectivity index (χ4n) is 3.81. The van der Waals surface area contributed by atoms with Crippen molar-refractivity contribution in [2.24, 2.45) is 5.92 Å². The number of benzene rings is 2. The summed E-state index contributed by atoms with van der Waals surface area (Å²) in [6, 6.07) is 12.3. The van der Waals surface area contributed by atoms with Crippen molar-refractivity contribution in [3.8, 4) is 22.4 Å². The molecule has 1 aromatic heterocycles. The molecule has 0 aliphatic rings. The summed E-state index contributed by atoms with van der Waals surface area (Å²) >= 11 is 0. The zero-order valence-electron chi connectivity index (χ0n) is 18.2. The predicted molar refractivity (Wildman–Crippen MR) is 115 cm³/mol. The maximum atomic E-state index is 14.4. The number of carboxylic acids is 1. The van der Waals surface area contributed by atoms with E-state index in [1.165, 1.54) is 12.1 Å². The summed E-state index contributed by atoms with van der Waals surface area (Å²) in [5.74, 6) is -3.13. The molecule has 2 aromatic carbocycles. The standard InChI is InChI=1S/C25H21F6NO2/c1-14(2)10-19(23(33)34)18-11-16(15-6-4-3-5-7-15)12-20(22(18)25(29,30)31)21-9-8-17(13-32-21)24(26,27)28/h3-9,11-14,19H,10H2,1-2H3,(H,33,34). The fourth-order valence-corrected chi connectivity index (χ4v) is 3.81. The molecule has 0 aliphatic heterocycles. The summed E-state index contributed by atoms with van der Waals surface area (Å²) < 4.78 is 82.0. The van der Waals surface area contributed by atoms with E-state index in [4.69, 9.17) is 0 Å². The van der Waals surface area contributed by atoms with E-state index < -0.39 is 46.5 Å². The summed E-state index contributed by atoms with van der Waals surface area (Å²) in [4.78, 5) is 15.7. The molecule has 0 amide bonds. The van der Waals surface area contributed by atoms with Gasteiger partial charge in [0.1, 0.15) is 0 Å². The van der Waals surface area contributed by atoms with Crippen molar-refractivity contribution in [1.82, 2.24) is 4.98 Å². The molecule has 1 unspecified atom stereocenters. The van der Waals surface area contributed by atoms with Crippen LogP contribution >= 0.6 is 0 Å². The van der Waals surface area contributed by atoms with E-state index in [2.05, 4.69) is 4.98 Å². The molecule has 180 valence electrons. The van der Waals surface area contributed by atoms with Crippen LogP contribution in [0, 0.1) is 5.92 Å². The minimum Gasteiger partial charge on any atom is -0.481 e. The van der Waals surface area contributed by atoms with Gasteiger partial charge < -0.3 is 5.11 Å². The molecule has 3 aromatic rings. The molecule has 1 atom stereocenters. The predicted octanol–water partition coefficient (Wildman–Crippen LogP) is 7.67. The lowest BCUT2D eigenvalue weighted by molar-refractivity contribution is -0.142. The van der Waals surface area contributed by atoms with Crippen molar-refractivity contribution < 1.29 is 36.2 Å². The largest absolute Gasteiger partial charge is 0.481 e. The number of rotatable bonds is 6. The first-order chi connectivity index (χ1) is 15.8. The number of aliphatic carboxylic acids is 1. The highest BCUT2D eigenvalue weighted by molar-refractivity contribution is 5.82. The molecule has 0 fully saturated rings. The molecular weight excluding hydrogens is 460 g/mol. The van der Waals surface area contributed by atoms with Gasteiger partial charge in [0.25, 0.3) is 0 Å². The maximum absolute atomic E-state index is 14.4. The van der Waals surface area contributed by atoms with Gasteiger partial charge in [0, 0.05) is 11.8 Å². The van der Waals surface area contributed by atoms with Crippen molar-refractivity contribution in [2.75, 3.05) is 0 Å². The van der Waals surface area contributed by atoms with E-state index in [0.717, 1.165) is 6.07 Å². The van der Waals surface area contributed by atoms with E-state index in [1.54, 1.807) is 44.2 Å². The van der Waals surface area contributed by atoms with Gasteiger partial charge in [0.15, 0.2) is 0 Å². The normalized spacial score (nSPS) is 13.2. The van der Waals surface area contributed by atoms with Gasteiger partial charge in [0.2, 0.25) is 0 Å². The lowest BCUT2D eigenvalue weighted by Gasteiger charge is -2.24. The van der Waals surface area contributed by atoms with Gasteiger partial charge in [0.05, 0.1) is 22.7 Å². The van der Waals surface area contributed by atoms with Crippen LogP contribution in [-0.2, 0) is 17.1 Å². The first-order valence-corrected chi connectivity index (χ1v) is 10.4. The molecule has 0 radical (unpaired) electrons. The maximum Gasteiger partial charge on any atom is 0.417 e. The lowest BCUT2D eigenvalue weighted by Crippen LogP contribution is -2.21. The van der Waals surface area contributed by atoms with Crippen molar-refractivity contribution in [3.05, 3.63) is 77.5 Å². The monoisotopic (exact) mass is 481 g/mol. The molecule has 1 N–H and O–H groups in total. The van der Waals surface area contributed by atoms with Crippen LogP contribution < -0.4 is 0 Å². The quantitative estimate of drug-likeness (QED) is 0.368. The molecule has 0 saturated heterocycles. The smallest absolute Gasteiger partial charge is 0.417 e. The highest BCUT2D eigenvalue weighted by atomic mass is 19.4. The number of nitrogens with zero attached hydrogens (tertiary/aromatic N) is 1. The topological polar surface area (TPSA) is 50.2 Å². The second-order valence-corrected chi connectivity index (χ2v) is 8.30. The van der Waals surface area contributed by atoms with E-state index in [9.17, 15) is 36.2 Å². The molecular formula is C25H21F6NO2. The van der Waals surface area contributed by atoms with E-state index in [0.29, 0.717) is 23.4 Å². The Morgan fingerprint density at radius 1 is 0.912 bits per heavy atom. The van der Waals surface area contributed by atoms with Gasteiger partial charge in [-0.15, -0.1) is 0 Å². The van der Waals surface area contributed by atoms with Gasteiger partial charge in [-0.2, -0.15) is 26.3 Å². The van der Waals surface area contributed by atoms with Crippen LogP contribution in [0.4, 0.5) is 26.3 Å². The Hall–Kier alpha value is -3.36. The van der Waals surface area contributed by atoms with Gasteiger partial charge >= 0.3 is 18.3 Å². The van der Waals surface area contributed by atoms with E-state index >= 15 is 0 Å². The molecule has 0 bridgehead atoms. The van der Waals surface area contributed by atoms with E-state index in [1.807, 2.05) is 0 Å². The molecule has 0 spiro atoms. The number of alkyl halides is 6. The van der Waals surface area contributed by atoms with Crippen molar-refractivity contribution in [3.63, 3.8) is 0 Å². The van der Waals surface area contributed by atoms with Crippen LogP contribution in [0.3, 0.4) is 0 Å². The summed E-state index contributed by atoms with van der Waals surface area (Å²) in [7, 11) is 0. The number of carboxylic acid groups (broad SMARTS) is 1. The molecule has 0 saturated carbocycles. The summed E-state index contributed by atoms with van der Waals surface area (Å²) in [5.41, 5.74) is -2.76.